The third-order valence-electron chi connectivity index (χ3n) is 3.67. The van der Waals surface area contributed by atoms with Gasteiger partial charge in [-0.1, -0.05) is 0 Å². The lowest BCUT2D eigenvalue weighted by atomic mass is 9.99. The SMILES string of the molecule is CNC(c1cc(OC)ccc1OC)C1CC1C(=O)O. The Bertz CT molecular complexity index is 475. The van der Waals surface area contributed by atoms with Crippen LogP contribution >= 0.6 is 0 Å². The Morgan fingerprint density at radius 3 is 2.63 bits per heavy atom. The van der Waals surface area contributed by atoms with Crippen LogP contribution in [0.2, 0.25) is 0 Å². The lowest BCUT2D eigenvalue weighted by molar-refractivity contribution is -0.138. The van der Waals surface area contributed by atoms with E-state index in [4.69, 9.17) is 14.6 Å². The van der Waals surface area contributed by atoms with Crippen molar-refractivity contribution in [2.45, 2.75) is 12.5 Å². The molecule has 104 valence electrons. The summed E-state index contributed by atoms with van der Waals surface area (Å²) in [5.41, 5.74) is 0.943. The van der Waals surface area contributed by atoms with Crippen molar-refractivity contribution in [3.8, 4) is 11.5 Å². The monoisotopic (exact) mass is 265 g/mol. The second-order valence-electron chi connectivity index (χ2n) is 4.72. The van der Waals surface area contributed by atoms with Crippen LogP contribution in [0.4, 0.5) is 0 Å². The highest BCUT2D eigenvalue weighted by atomic mass is 16.5. The molecule has 1 aliphatic rings. The minimum absolute atomic E-state index is 0.0360. The first-order chi connectivity index (χ1) is 9.12. The van der Waals surface area contributed by atoms with Crippen LogP contribution < -0.4 is 14.8 Å². The van der Waals surface area contributed by atoms with Gasteiger partial charge in [-0.15, -0.1) is 0 Å². The number of carbonyl (C=O) groups is 1. The van der Waals surface area contributed by atoms with E-state index < -0.39 is 5.97 Å². The van der Waals surface area contributed by atoms with E-state index in [-0.39, 0.29) is 17.9 Å². The van der Waals surface area contributed by atoms with Crippen molar-refractivity contribution in [2.75, 3.05) is 21.3 Å². The van der Waals surface area contributed by atoms with Crippen molar-refractivity contribution in [2.24, 2.45) is 11.8 Å². The van der Waals surface area contributed by atoms with Gasteiger partial charge >= 0.3 is 5.97 Å². The van der Waals surface area contributed by atoms with Crippen LogP contribution in [0.3, 0.4) is 0 Å². The van der Waals surface area contributed by atoms with Crippen molar-refractivity contribution >= 4 is 5.97 Å². The normalized spacial score (nSPS) is 22.7. The molecule has 1 aromatic rings. The van der Waals surface area contributed by atoms with Crippen LogP contribution in [0, 0.1) is 11.8 Å². The second kappa shape index (κ2) is 5.48. The van der Waals surface area contributed by atoms with Gasteiger partial charge in [0.25, 0.3) is 0 Å². The number of rotatable bonds is 6. The van der Waals surface area contributed by atoms with Gasteiger partial charge in [-0.05, 0) is 37.6 Å². The topological polar surface area (TPSA) is 67.8 Å². The number of nitrogens with one attached hydrogen (secondary N) is 1. The molecule has 0 aromatic heterocycles. The molecule has 1 fully saturated rings. The van der Waals surface area contributed by atoms with Gasteiger partial charge < -0.3 is 19.9 Å². The molecule has 0 aliphatic heterocycles. The number of benzene rings is 1. The average molecular weight is 265 g/mol. The van der Waals surface area contributed by atoms with Crippen LogP contribution in [-0.4, -0.2) is 32.3 Å². The number of carboxylic acids is 1. The van der Waals surface area contributed by atoms with Crippen LogP contribution in [0.15, 0.2) is 18.2 Å². The van der Waals surface area contributed by atoms with Crippen molar-refractivity contribution < 1.29 is 19.4 Å². The maximum absolute atomic E-state index is 11.0. The highest BCUT2D eigenvalue weighted by Crippen LogP contribution is 2.49. The zero-order valence-corrected chi connectivity index (χ0v) is 11.3. The predicted molar refractivity (Wildman–Crippen MR) is 70.6 cm³/mol. The molecule has 1 aromatic carbocycles. The standard InChI is InChI=1S/C14H19NO4/c1-15-13(9-7-10(9)14(16)17)11-6-8(18-2)4-5-12(11)19-3/h4-6,9-10,13,15H,7H2,1-3H3,(H,16,17). The Kier molecular flexibility index (Phi) is 3.95. The summed E-state index contributed by atoms with van der Waals surface area (Å²) in [4.78, 5) is 11.0. The fraction of sp³-hybridized carbons (Fsp3) is 0.500. The summed E-state index contributed by atoms with van der Waals surface area (Å²) < 4.78 is 10.6. The maximum Gasteiger partial charge on any atom is 0.306 e. The minimum atomic E-state index is -0.730. The molecule has 2 rings (SSSR count). The van der Waals surface area contributed by atoms with Gasteiger partial charge in [0.05, 0.1) is 20.1 Å². The van der Waals surface area contributed by atoms with Crippen molar-refractivity contribution in [1.82, 2.24) is 5.32 Å². The Labute approximate surface area is 112 Å². The molecule has 0 spiro atoms. The molecular formula is C14H19NO4. The summed E-state index contributed by atoms with van der Waals surface area (Å²) in [7, 11) is 5.05. The van der Waals surface area contributed by atoms with E-state index in [1.807, 2.05) is 25.2 Å². The molecular weight excluding hydrogens is 246 g/mol. The largest absolute Gasteiger partial charge is 0.497 e. The number of carboxylic acid groups (broad SMARTS) is 1. The Morgan fingerprint density at radius 2 is 2.16 bits per heavy atom. The first kappa shape index (κ1) is 13.7. The van der Waals surface area contributed by atoms with Crippen LogP contribution in [0.25, 0.3) is 0 Å². The van der Waals surface area contributed by atoms with E-state index in [1.165, 1.54) is 0 Å². The van der Waals surface area contributed by atoms with E-state index in [0.717, 1.165) is 17.1 Å². The molecule has 3 atom stereocenters. The molecule has 3 unspecified atom stereocenters. The van der Waals surface area contributed by atoms with Gasteiger partial charge in [-0.2, -0.15) is 0 Å². The second-order valence-corrected chi connectivity index (χ2v) is 4.72. The smallest absolute Gasteiger partial charge is 0.306 e. The van der Waals surface area contributed by atoms with E-state index in [9.17, 15) is 4.79 Å². The zero-order chi connectivity index (χ0) is 14.0. The fourth-order valence-corrected chi connectivity index (χ4v) is 2.55. The van der Waals surface area contributed by atoms with Crippen molar-refractivity contribution in [3.63, 3.8) is 0 Å². The van der Waals surface area contributed by atoms with Gasteiger partial charge in [0.15, 0.2) is 0 Å². The van der Waals surface area contributed by atoms with Crippen LogP contribution in [0.5, 0.6) is 11.5 Å². The van der Waals surface area contributed by atoms with Gasteiger partial charge in [-0.25, -0.2) is 0 Å². The van der Waals surface area contributed by atoms with Gasteiger partial charge in [0, 0.05) is 11.6 Å². The highest BCUT2D eigenvalue weighted by molar-refractivity contribution is 5.73. The average Bonchev–Trinajstić information content (AvgIpc) is 3.20. The molecule has 0 saturated heterocycles. The molecule has 2 N–H and O–H groups in total. The van der Waals surface area contributed by atoms with Crippen molar-refractivity contribution in [3.05, 3.63) is 23.8 Å². The number of aliphatic carboxylic acids is 1. The molecule has 1 saturated carbocycles. The molecule has 0 radical (unpaired) electrons. The van der Waals surface area contributed by atoms with Gasteiger partial charge in [-0.3, -0.25) is 4.79 Å². The molecule has 5 nitrogen and oxygen atoms in total. The minimum Gasteiger partial charge on any atom is -0.497 e. The van der Waals surface area contributed by atoms with Crippen LogP contribution in [0.1, 0.15) is 18.0 Å². The Hall–Kier alpha value is -1.75. The molecule has 0 bridgehead atoms. The van der Waals surface area contributed by atoms with Gasteiger partial charge in [0.1, 0.15) is 11.5 Å². The number of ether oxygens (including phenoxy) is 2. The van der Waals surface area contributed by atoms with Crippen molar-refractivity contribution in [1.29, 1.82) is 0 Å². The highest BCUT2D eigenvalue weighted by Gasteiger charge is 2.48. The summed E-state index contributed by atoms with van der Waals surface area (Å²) in [6.07, 6.45) is 0.696. The van der Waals surface area contributed by atoms with E-state index in [0.29, 0.717) is 6.42 Å². The Balaban J connectivity index is 2.29. The lowest BCUT2D eigenvalue weighted by Gasteiger charge is -2.20. The third kappa shape index (κ3) is 2.66. The van der Waals surface area contributed by atoms with E-state index in [2.05, 4.69) is 5.32 Å². The molecule has 0 heterocycles. The fourth-order valence-electron chi connectivity index (χ4n) is 2.55. The van der Waals surface area contributed by atoms with Crippen LogP contribution in [-0.2, 0) is 4.79 Å². The number of hydrogen-bond donors (Lipinski definition) is 2. The van der Waals surface area contributed by atoms with E-state index in [1.54, 1.807) is 14.2 Å². The molecule has 5 heteroatoms. The number of hydrogen-bond acceptors (Lipinski definition) is 4. The summed E-state index contributed by atoms with van der Waals surface area (Å²) in [5, 5.41) is 12.3. The summed E-state index contributed by atoms with van der Waals surface area (Å²) in [6, 6.07) is 5.54. The van der Waals surface area contributed by atoms with E-state index >= 15 is 0 Å². The summed E-state index contributed by atoms with van der Waals surface area (Å²) in [6.45, 7) is 0. The lowest BCUT2D eigenvalue weighted by Crippen LogP contribution is -2.21. The molecule has 19 heavy (non-hydrogen) atoms. The first-order valence-electron chi connectivity index (χ1n) is 6.24. The first-order valence-corrected chi connectivity index (χ1v) is 6.24. The summed E-state index contributed by atoms with van der Waals surface area (Å²) in [5.74, 6) is 0.587. The zero-order valence-electron chi connectivity index (χ0n) is 11.3. The Morgan fingerprint density at radius 1 is 1.42 bits per heavy atom. The van der Waals surface area contributed by atoms with Gasteiger partial charge in [0.2, 0.25) is 0 Å². The summed E-state index contributed by atoms with van der Waals surface area (Å²) >= 11 is 0. The predicted octanol–water partition coefficient (Wildman–Crippen LogP) is 1.69. The quantitative estimate of drug-likeness (QED) is 0.819. The molecule has 0 amide bonds. The number of methoxy groups -OCH3 is 2. The molecule has 1 aliphatic carbocycles. The maximum atomic E-state index is 11.0. The third-order valence-corrected chi connectivity index (χ3v) is 3.67.